The molecule has 0 fully saturated rings. The van der Waals surface area contributed by atoms with Crippen LogP contribution < -0.4 is 15.8 Å². The van der Waals surface area contributed by atoms with Gasteiger partial charge in [0.2, 0.25) is 5.91 Å². The number of nitrogens with one attached hydrogen (secondary N) is 2. The lowest BCUT2D eigenvalue weighted by Crippen LogP contribution is -2.25. The molecular weight excluding hydrogens is 412 g/mol. The predicted molar refractivity (Wildman–Crippen MR) is 123 cm³/mol. The maximum Gasteiger partial charge on any atom is 0.224 e. The van der Waals surface area contributed by atoms with E-state index in [0.717, 1.165) is 22.4 Å². The van der Waals surface area contributed by atoms with Crippen LogP contribution >= 0.6 is 0 Å². The number of nitrogens with two attached hydrogens (primary N) is 1. The number of aryl methyl sites for hydroxylation is 3. The highest BCUT2D eigenvalue weighted by Crippen LogP contribution is 2.31. The molecule has 3 rings (SSSR count). The lowest BCUT2D eigenvalue weighted by atomic mass is 10.0. The summed E-state index contributed by atoms with van der Waals surface area (Å²) in [5, 5.41) is 13.6. The van der Waals surface area contributed by atoms with E-state index in [9.17, 15) is 14.1 Å². The summed E-state index contributed by atoms with van der Waals surface area (Å²) in [5.74, 6) is 0.105. The van der Waals surface area contributed by atoms with Crippen molar-refractivity contribution in [3.05, 3.63) is 76.5 Å². The van der Waals surface area contributed by atoms with E-state index >= 15 is 0 Å². The topological polar surface area (TPSA) is 117 Å². The molecule has 7 nitrogen and oxygen atoms in total. The van der Waals surface area contributed by atoms with Crippen LogP contribution in [0.1, 0.15) is 27.9 Å². The largest absolute Gasteiger partial charge is 0.505 e. The summed E-state index contributed by atoms with van der Waals surface area (Å²) in [6, 6.07) is 14.3. The Hall–Kier alpha value is -3.39. The molecule has 5 N–H and O–H groups in total. The van der Waals surface area contributed by atoms with Crippen molar-refractivity contribution in [2.24, 2.45) is 0 Å². The molecule has 1 heterocycles. The highest BCUT2D eigenvalue weighted by Gasteiger charge is 2.16. The van der Waals surface area contributed by atoms with E-state index in [1.54, 1.807) is 24.3 Å². The monoisotopic (exact) mass is 438 g/mol. The number of hydrogen-bond acceptors (Lipinski definition) is 5. The zero-order valence-electron chi connectivity index (χ0n) is 17.7. The van der Waals surface area contributed by atoms with Crippen LogP contribution in [0, 0.1) is 20.8 Å². The van der Waals surface area contributed by atoms with Gasteiger partial charge in [-0.3, -0.25) is 9.52 Å². The van der Waals surface area contributed by atoms with Crippen LogP contribution in [0.2, 0.25) is 0 Å². The molecule has 3 aromatic rings. The number of rotatable bonds is 7. The van der Waals surface area contributed by atoms with E-state index in [4.69, 9.17) is 5.73 Å². The van der Waals surface area contributed by atoms with Crippen molar-refractivity contribution in [3.63, 3.8) is 0 Å². The third-order valence-corrected chi connectivity index (χ3v) is 6.04. The van der Waals surface area contributed by atoms with Crippen LogP contribution in [0.25, 0.3) is 0 Å². The van der Waals surface area contributed by atoms with Crippen LogP contribution in [0.3, 0.4) is 0 Å². The number of hydrogen-bond donors (Lipinski definition) is 4. The average Bonchev–Trinajstić information content (AvgIpc) is 2.72. The van der Waals surface area contributed by atoms with Crippen LogP contribution in [0.4, 0.5) is 11.5 Å². The van der Waals surface area contributed by atoms with Gasteiger partial charge in [-0.25, -0.2) is 9.19 Å². The van der Waals surface area contributed by atoms with Gasteiger partial charge in [0.25, 0.3) is 0 Å². The van der Waals surface area contributed by atoms with Gasteiger partial charge >= 0.3 is 0 Å². The van der Waals surface area contributed by atoms with Gasteiger partial charge in [-0.05, 0) is 61.7 Å². The number of phenols is 1. The molecule has 1 amide bonds. The second kappa shape index (κ2) is 9.61. The van der Waals surface area contributed by atoms with E-state index in [-0.39, 0.29) is 18.1 Å². The summed E-state index contributed by atoms with van der Waals surface area (Å²) >= 11 is 0. The lowest BCUT2D eigenvalue weighted by Gasteiger charge is -2.14. The maximum atomic E-state index is 12.6. The van der Waals surface area contributed by atoms with Crippen molar-refractivity contribution in [3.8, 4) is 5.75 Å². The molecule has 0 bridgehead atoms. The first-order valence-electron chi connectivity index (χ1n) is 9.80. The number of pyridine rings is 1. The van der Waals surface area contributed by atoms with Crippen LogP contribution in [-0.4, -0.2) is 20.2 Å². The van der Waals surface area contributed by atoms with E-state index in [1.165, 1.54) is 0 Å². The summed E-state index contributed by atoms with van der Waals surface area (Å²) in [5.41, 5.74) is 9.83. The first-order chi connectivity index (χ1) is 14.7. The number of carbonyl (C=O) groups is 1. The molecular formula is C23H26N4O3S. The zero-order valence-corrected chi connectivity index (χ0v) is 18.5. The third-order valence-electron chi connectivity index (χ3n) is 4.95. The van der Waals surface area contributed by atoms with E-state index in [0.29, 0.717) is 28.5 Å². The van der Waals surface area contributed by atoms with Crippen molar-refractivity contribution >= 4 is 28.4 Å². The fraction of sp³-hybridized carbons (Fsp3) is 0.217. The van der Waals surface area contributed by atoms with Crippen molar-refractivity contribution in [2.45, 2.75) is 38.6 Å². The molecule has 162 valence electrons. The van der Waals surface area contributed by atoms with Gasteiger partial charge in [-0.1, -0.05) is 24.3 Å². The molecule has 0 radical (unpaired) electrons. The molecule has 0 spiro atoms. The summed E-state index contributed by atoms with van der Waals surface area (Å²) < 4.78 is 15.5. The van der Waals surface area contributed by atoms with Crippen molar-refractivity contribution < 1.29 is 14.1 Å². The van der Waals surface area contributed by atoms with Crippen molar-refractivity contribution in [1.82, 2.24) is 10.3 Å². The average molecular weight is 439 g/mol. The molecule has 1 aromatic heterocycles. The van der Waals surface area contributed by atoms with Gasteiger partial charge in [0, 0.05) is 17.8 Å². The fourth-order valence-electron chi connectivity index (χ4n) is 3.15. The van der Waals surface area contributed by atoms with Crippen molar-refractivity contribution in [2.75, 3.05) is 10.5 Å². The highest BCUT2D eigenvalue weighted by molar-refractivity contribution is 7.86. The summed E-state index contributed by atoms with van der Waals surface area (Å²) in [6.45, 7) is 5.88. The van der Waals surface area contributed by atoms with Gasteiger partial charge in [0.15, 0.2) is 0 Å². The zero-order chi connectivity index (χ0) is 22.5. The van der Waals surface area contributed by atoms with Crippen LogP contribution in [0.5, 0.6) is 5.75 Å². The number of aromatic hydroxyl groups is 1. The van der Waals surface area contributed by atoms with Gasteiger partial charge in [0.1, 0.15) is 22.6 Å². The molecule has 8 heteroatoms. The molecule has 1 unspecified atom stereocenters. The van der Waals surface area contributed by atoms with Gasteiger partial charge < -0.3 is 16.2 Å². The van der Waals surface area contributed by atoms with Gasteiger partial charge in [-0.2, -0.15) is 0 Å². The Balaban J connectivity index is 1.71. The Morgan fingerprint density at radius 3 is 2.61 bits per heavy atom. The minimum Gasteiger partial charge on any atom is -0.505 e. The Bertz CT molecular complexity index is 1150. The predicted octanol–water partition coefficient (Wildman–Crippen LogP) is 3.29. The molecule has 0 aliphatic carbocycles. The highest BCUT2D eigenvalue weighted by atomic mass is 32.2. The molecule has 31 heavy (non-hydrogen) atoms. The van der Waals surface area contributed by atoms with Crippen LogP contribution in [-0.2, 0) is 28.7 Å². The number of anilines is 2. The summed E-state index contributed by atoms with van der Waals surface area (Å²) in [7, 11) is -1.54. The van der Waals surface area contributed by atoms with Crippen molar-refractivity contribution in [1.29, 1.82) is 0 Å². The lowest BCUT2D eigenvalue weighted by molar-refractivity contribution is -0.120. The first kappa shape index (κ1) is 22.3. The fourth-order valence-corrected chi connectivity index (χ4v) is 4.12. The number of phenolic OH excluding ortho intramolecular Hbond substituents is 1. The van der Waals surface area contributed by atoms with Crippen LogP contribution in [0.15, 0.2) is 53.4 Å². The number of nitrogen functional groups attached to an aromatic ring is 1. The number of carbonyl (C=O) groups excluding carboxylic acids is 1. The normalized spacial score (nSPS) is 11.7. The molecule has 0 aliphatic rings. The minimum atomic E-state index is -1.54. The standard InChI is InChI=1S/C23H26N4O3S/c1-14-5-4-6-18(11-14)31(30)27-20-9-7-15(2)19(23(20)29)12-22(28)25-13-17-8-10-21(24)26-16(17)3/h4-11,27,29H,12-13H2,1-3H3,(H2,24,26)(H,25,28). The Kier molecular flexibility index (Phi) is 6.91. The van der Waals surface area contributed by atoms with Gasteiger partial charge in [-0.15, -0.1) is 0 Å². The minimum absolute atomic E-state index is 0.00822. The quantitative estimate of drug-likeness (QED) is 0.422. The van der Waals surface area contributed by atoms with E-state index in [2.05, 4.69) is 15.0 Å². The molecule has 0 saturated heterocycles. The molecule has 1 atom stereocenters. The Morgan fingerprint density at radius 1 is 1.13 bits per heavy atom. The van der Waals surface area contributed by atoms with Gasteiger partial charge in [0.05, 0.1) is 17.0 Å². The number of benzene rings is 2. The number of amides is 1. The number of nitrogens with zero attached hydrogens (tertiary/aromatic N) is 1. The Morgan fingerprint density at radius 2 is 1.90 bits per heavy atom. The number of aromatic nitrogens is 1. The SMILES string of the molecule is Cc1cccc(S(=O)Nc2ccc(C)c(CC(=O)NCc3ccc(N)nc3C)c2O)c1. The second-order valence-corrected chi connectivity index (χ2v) is 8.59. The molecule has 0 aliphatic heterocycles. The smallest absolute Gasteiger partial charge is 0.224 e. The van der Waals surface area contributed by atoms with E-state index in [1.807, 2.05) is 45.0 Å². The second-order valence-electron chi connectivity index (χ2n) is 7.38. The molecule has 2 aromatic carbocycles. The Labute approximate surface area is 184 Å². The van der Waals surface area contributed by atoms with E-state index < -0.39 is 11.0 Å². The summed E-state index contributed by atoms with van der Waals surface area (Å²) in [4.78, 5) is 17.3. The molecule has 0 saturated carbocycles. The third kappa shape index (κ3) is 5.61. The maximum absolute atomic E-state index is 12.6. The summed E-state index contributed by atoms with van der Waals surface area (Å²) in [6.07, 6.45) is -0.00822. The first-order valence-corrected chi connectivity index (χ1v) is 10.9.